The molecule has 0 radical (unpaired) electrons. The maximum atomic E-state index is 12.7. The van der Waals surface area contributed by atoms with E-state index >= 15 is 0 Å². The summed E-state index contributed by atoms with van der Waals surface area (Å²) in [6.07, 6.45) is 1.57. The Hall–Kier alpha value is -4.47. The number of pyridine rings is 1. The third kappa shape index (κ3) is 5.21. The molecule has 35 heavy (non-hydrogen) atoms. The molecule has 2 aromatic heterocycles. The number of carbonyl (C=O) groups excluding carboxylic acids is 1. The number of fused-ring (bicyclic) bond motifs is 1. The fraction of sp³-hybridized carbons (Fsp3) is 0.240. The van der Waals surface area contributed by atoms with Gasteiger partial charge in [-0.15, -0.1) is 0 Å². The molecule has 10 heteroatoms. The molecule has 0 spiro atoms. The lowest BCUT2D eigenvalue weighted by Gasteiger charge is -2.12. The summed E-state index contributed by atoms with van der Waals surface area (Å²) in [7, 11) is 0. The van der Waals surface area contributed by atoms with Gasteiger partial charge in [-0.2, -0.15) is 0 Å². The Balaban J connectivity index is 1.57. The number of nitrogens with one attached hydrogen (secondary N) is 1. The Labute approximate surface area is 201 Å². The molecule has 2 heterocycles. The number of hydrogen-bond acceptors (Lipinski definition) is 7. The number of carbonyl (C=O) groups is 1. The number of aryl methyl sites for hydroxylation is 1. The highest BCUT2D eigenvalue weighted by molar-refractivity contribution is 5.78. The zero-order valence-corrected chi connectivity index (χ0v) is 19.6. The van der Waals surface area contributed by atoms with Gasteiger partial charge in [-0.3, -0.25) is 19.5 Å². The van der Waals surface area contributed by atoms with Crippen molar-refractivity contribution in [2.24, 2.45) is 0 Å². The topological polar surface area (TPSA) is 127 Å². The highest BCUT2D eigenvalue weighted by Crippen LogP contribution is 2.23. The second-order valence-corrected chi connectivity index (χ2v) is 8.37. The number of hydrogen-bond donors (Lipinski definition) is 1. The summed E-state index contributed by atoms with van der Waals surface area (Å²) in [6.45, 7) is 5.50. The number of nitrogens with zero attached hydrogens (tertiary/aromatic N) is 4. The minimum absolute atomic E-state index is 0.0281. The molecule has 0 fully saturated rings. The van der Waals surface area contributed by atoms with E-state index in [0.717, 1.165) is 11.1 Å². The van der Waals surface area contributed by atoms with Crippen LogP contribution in [0.2, 0.25) is 0 Å². The van der Waals surface area contributed by atoms with Crippen molar-refractivity contribution in [2.75, 3.05) is 11.9 Å². The molecule has 0 atom stereocenters. The molecule has 0 amide bonds. The van der Waals surface area contributed by atoms with E-state index < -0.39 is 5.97 Å². The van der Waals surface area contributed by atoms with Gasteiger partial charge >= 0.3 is 11.9 Å². The highest BCUT2D eigenvalue weighted by atomic mass is 16.5. The lowest BCUT2D eigenvalue weighted by atomic mass is 10.0. The van der Waals surface area contributed by atoms with E-state index in [1.54, 1.807) is 48.9 Å². The zero-order valence-electron chi connectivity index (χ0n) is 19.6. The van der Waals surface area contributed by atoms with E-state index in [0.29, 0.717) is 20.8 Å². The van der Waals surface area contributed by atoms with Gasteiger partial charge in [-0.1, -0.05) is 24.3 Å². The van der Waals surface area contributed by atoms with Crippen LogP contribution in [0.5, 0.6) is 0 Å². The second kappa shape index (κ2) is 9.80. The molecule has 180 valence electrons. The molecule has 0 saturated carbocycles. The Morgan fingerprint density at radius 3 is 2.49 bits per heavy atom. The normalized spacial score (nSPS) is 11.1. The molecular weight excluding hydrogens is 450 g/mol. The molecule has 10 nitrogen and oxygen atoms in total. The van der Waals surface area contributed by atoms with E-state index in [2.05, 4.69) is 10.4 Å². The molecule has 0 aliphatic carbocycles. The van der Waals surface area contributed by atoms with Crippen LogP contribution in [-0.2, 0) is 9.53 Å². The summed E-state index contributed by atoms with van der Waals surface area (Å²) in [4.78, 5) is 24.2. The molecule has 1 N–H and O–H groups in total. The van der Waals surface area contributed by atoms with Crippen molar-refractivity contribution in [1.29, 1.82) is 0 Å². The quantitative estimate of drug-likeness (QED) is 0.247. The molecule has 0 unspecified atom stereocenters. The number of benzene rings is 2. The number of anilines is 1. The first-order valence-electron chi connectivity index (χ1n) is 11.1. The van der Waals surface area contributed by atoms with Crippen LogP contribution in [0.4, 0.5) is 5.95 Å². The molecule has 0 bridgehead atoms. The van der Waals surface area contributed by atoms with Gasteiger partial charge in [0, 0.05) is 28.9 Å². The monoisotopic (exact) mass is 475 g/mol. The molecule has 0 saturated heterocycles. The maximum Gasteiger partial charge on any atom is 0.460 e. The van der Waals surface area contributed by atoms with Crippen molar-refractivity contribution in [3.8, 4) is 16.8 Å². The summed E-state index contributed by atoms with van der Waals surface area (Å²) in [5.74, 6) is -0.616. The van der Waals surface area contributed by atoms with E-state index in [1.165, 1.54) is 6.07 Å². The minimum Gasteiger partial charge on any atom is -0.739 e. The van der Waals surface area contributed by atoms with E-state index in [4.69, 9.17) is 4.74 Å². The Kier molecular flexibility index (Phi) is 6.63. The van der Waals surface area contributed by atoms with Gasteiger partial charge in [0.15, 0.2) is 5.52 Å². The van der Waals surface area contributed by atoms with Crippen LogP contribution in [0.25, 0.3) is 27.8 Å². The maximum absolute atomic E-state index is 12.7. The van der Waals surface area contributed by atoms with Gasteiger partial charge in [-0.25, -0.2) is 4.73 Å². The van der Waals surface area contributed by atoms with Gasteiger partial charge < -0.3 is 15.2 Å². The second-order valence-electron chi connectivity index (χ2n) is 8.37. The van der Waals surface area contributed by atoms with Crippen LogP contribution in [0.3, 0.4) is 0 Å². The van der Waals surface area contributed by atoms with Crippen molar-refractivity contribution in [3.63, 3.8) is 0 Å². The predicted molar refractivity (Wildman–Crippen MR) is 130 cm³/mol. The third-order valence-corrected chi connectivity index (χ3v) is 5.30. The zero-order chi connectivity index (χ0) is 25.1. The Bertz CT molecular complexity index is 1450. The first-order valence-corrected chi connectivity index (χ1v) is 11.1. The molecule has 0 aliphatic heterocycles. The summed E-state index contributed by atoms with van der Waals surface area (Å²) in [6, 6.07) is 15.4. The summed E-state index contributed by atoms with van der Waals surface area (Å²) in [5, 5.41) is 31.8. The van der Waals surface area contributed by atoms with Gasteiger partial charge in [0.1, 0.15) is 0 Å². The fourth-order valence-corrected chi connectivity index (χ4v) is 3.64. The summed E-state index contributed by atoms with van der Waals surface area (Å²) >= 11 is 0. The first-order chi connectivity index (χ1) is 16.7. The number of aromatic nitrogens is 4. The Morgan fingerprint density at radius 2 is 1.77 bits per heavy atom. The van der Waals surface area contributed by atoms with Crippen LogP contribution in [0.1, 0.15) is 25.8 Å². The van der Waals surface area contributed by atoms with Crippen molar-refractivity contribution in [3.05, 3.63) is 87.1 Å². The molecule has 4 rings (SSSR count). The van der Waals surface area contributed by atoms with Gasteiger partial charge in [0.2, 0.25) is 5.10 Å². The SMILES string of the molecule is Cc1ccc(=O)n(-c2ccc(-c3ccc4c(c3)[n+]([O-])nc(NCCC(=O)OC(C)C)[n+]4[O-])cc2)c1. The molecule has 4 aromatic rings. The first kappa shape index (κ1) is 23.7. The lowest BCUT2D eigenvalue weighted by Crippen LogP contribution is -2.44. The van der Waals surface area contributed by atoms with Gasteiger partial charge in [0.25, 0.3) is 11.1 Å². The van der Waals surface area contributed by atoms with Crippen molar-refractivity contribution in [1.82, 2.24) is 9.67 Å². The predicted octanol–water partition coefficient (Wildman–Crippen LogP) is 2.38. The minimum atomic E-state index is -0.413. The third-order valence-electron chi connectivity index (χ3n) is 5.30. The van der Waals surface area contributed by atoms with Crippen LogP contribution in [0, 0.1) is 17.3 Å². The average molecular weight is 476 g/mol. The molecule has 0 aliphatic rings. The lowest BCUT2D eigenvalue weighted by molar-refractivity contribution is -0.672. The van der Waals surface area contributed by atoms with E-state index in [1.807, 2.05) is 31.2 Å². The van der Waals surface area contributed by atoms with Crippen molar-refractivity contribution < 1.29 is 19.1 Å². The number of ether oxygens (including phenoxy) is 1. The van der Waals surface area contributed by atoms with Crippen LogP contribution >= 0.6 is 0 Å². The molecule has 2 aromatic carbocycles. The van der Waals surface area contributed by atoms with E-state index in [9.17, 15) is 20.0 Å². The van der Waals surface area contributed by atoms with Crippen LogP contribution in [-0.4, -0.2) is 28.3 Å². The molecular formula is C25H25N5O5. The summed E-state index contributed by atoms with van der Waals surface area (Å²) < 4.78 is 7.13. The smallest absolute Gasteiger partial charge is 0.460 e. The van der Waals surface area contributed by atoms with Gasteiger partial charge in [-0.05, 0) is 55.7 Å². The van der Waals surface area contributed by atoms with E-state index in [-0.39, 0.29) is 41.6 Å². The van der Waals surface area contributed by atoms with Crippen molar-refractivity contribution >= 4 is 23.0 Å². The van der Waals surface area contributed by atoms with Crippen molar-refractivity contribution in [2.45, 2.75) is 33.3 Å². The highest BCUT2D eigenvalue weighted by Gasteiger charge is 2.21. The number of esters is 1. The van der Waals surface area contributed by atoms with Gasteiger partial charge in [0.05, 0.1) is 19.1 Å². The fourth-order valence-electron chi connectivity index (χ4n) is 3.64. The van der Waals surface area contributed by atoms with Crippen LogP contribution in [0.15, 0.2) is 65.6 Å². The number of rotatable bonds is 7. The largest absolute Gasteiger partial charge is 0.739 e. The standard InChI is InChI=1S/C25H25N5O5/c1-16(2)35-24(32)12-13-26-25-27-30(34)22-14-19(7-10-21(22)29(25)33)18-5-8-20(9-6-18)28-15-17(3)4-11-23(28)31/h4-11,14-16H,12-13H2,1-3H3,(H,26,27). The average Bonchev–Trinajstić information content (AvgIpc) is 2.83. The van der Waals surface area contributed by atoms with Crippen LogP contribution < -0.4 is 20.5 Å². The summed E-state index contributed by atoms with van der Waals surface area (Å²) in [5.41, 5.74) is 3.30. The Morgan fingerprint density at radius 1 is 1.06 bits per heavy atom.